The molecule has 0 aromatic heterocycles. The standard InChI is InChI=1S/C8H14F3NOS/c1-5-6(8(9,10)11)3-4-7(12-5)13-14-2/h5-7,12H,3-4H2,1-2H3/t5-,6?,7?/m0/s1. The summed E-state index contributed by atoms with van der Waals surface area (Å²) in [6.45, 7) is 1.55. The van der Waals surface area contributed by atoms with Gasteiger partial charge in [0, 0.05) is 12.3 Å². The van der Waals surface area contributed by atoms with E-state index in [-0.39, 0.29) is 12.6 Å². The summed E-state index contributed by atoms with van der Waals surface area (Å²) in [6.07, 6.45) is -2.05. The average molecular weight is 229 g/mol. The highest BCUT2D eigenvalue weighted by molar-refractivity contribution is 7.93. The molecule has 0 aliphatic carbocycles. The lowest BCUT2D eigenvalue weighted by Gasteiger charge is -2.35. The van der Waals surface area contributed by atoms with Gasteiger partial charge in [-0.3, -0.25) is 9.50 Å². The average Bonchev–Trinajstić information content (AvgIpc) is 2.02. The molecule has 1 rings (SSSR count). The Labute approximate surface area is 85.8 Å². The third kappa shape index (κ3) is 3.03. The molecule has 6 heteroatoms. The molecule has 0 saturated carbocycles. The van der Waals surface area contributed by atoms with Crippen LogP contribution in [-0.4, -0.2) is 24.7 Å². The molecule has 1 heterocycles. The maximum atomic E-state index is 12.4. The largest absolute Gasteiger partial charge is 0.393 e. The van der Waals surface area contributed by atoms with E-state index in [0.29, 0.717) is 6.42 Å². The molecule has 0 bridgehead atoms. The number of nitrogens with one attached hydrogen (secondary N) is 1. The van der Waals surface area contributed by atoms with Gasteiger partial charge in [-0.2, -0.15) is 13.2 Å². The second-order valence-electron chi connectivity index (χ2n) is 3.43. The molecular weight excluding hydrogens is 215 g/mol. The van der Waals surface area contributed by atoms with Gasteiger partial charge in [0.25, 0.3) is 0 Å². The van der Waals surface area contributed by atoms with Crippen LogP contribution in [0.2, 0.25) is 0 Å². The minimum atomic E-state index is -4.10. The topological polar surface area (TPSA) is 21.3 Å². The molecule has 0 spiro atoms. The minimum absolute atomic E-state index is 0.142. The molecule has 1 aliphatic rings. The second-order valence-corrected chi connectivity index (χ2v) is 3.96. The van der Waals surface area contributed by atoms with Gasteiger partial charge < -0.3 is 0 Å². The molecular formula is C8H14F3NOS. The first-order valence-electron chi connectivity index (χ1n) is 4.47. The van der Waals surface area contributed by atoms with E-state index >= 15 is 0 Å². The van der Waals surface area contributed by atoms with Crippen LogP contribution >= 0.6 is 12.0 Å². The minimum Gasteiger partial charge on any atom is -0.297 e. The highest BCUT2D eigenvalue weighted by Crippen LogP contribution is 2.35. The Hall–Kier alpha value is 0.0600. The monoisotopic (exact) mass is 229 g/mol. The van der Waals surface area contributed by atoms with E-state index in [0.717, 1.165) is 0 Å². The van der Waals surface area contributed by atoms with E-state index in [1.807, 2.05) is 0 Å². The van der Waals surface area contributed by atoms with E-state index in [2.05, 4.69) is 5.32 Å². The summed E-state index contributed by atoms with van der Waals surface area (Å²) in [5, 5.41) is 2.81. The van der Waals surface area contributed by atoms with E-state index in [1.165, 1.54) is 12.0 Å². The maximum absolute atomic E-state index is 12.4. The summed E-state index contributed by atoms with van der Waals surface area (Å²) in [6, 6.07) is -0.569. The van der Waals surface area contributed by atoms with Gasteiger partial charge in [-0.1, -0.05) is 0 Å². The Morgan fingerprint density at radius 1 is 1.36 bits per heavy atom. The number of rotatable bonds is 2. The van der Waals surface area contributed by atoms with E-state index in [1.54, 1.807) is 13.2 Å². The number of alkyl halides is 3. The summed E-state index contributed by atoms with van der Waals surface area (Å²) in [5.74, 6) is -1.25. The zero-order valence-electron chi connectivity index (χ0n) is 8.10. The number of hydrogen-bond donors (Lipinski definition) is 1. The third-order valence-corrected chi connectivity index (χ3v) is 2.85. The molecule has 0 amide bonds. The van der Waals surface area contributed by atoms with Crippen molar-refractivity contribution in [2.75, 3.05) is 6.26 Å². The predicted molar refractivity (Wildman–Crippen MR) is 49.8 cm³/mol. The zero-order valence-corrected chi connectivity index (χ0v) is 8.91. The maximum Gasteiger partial charge on any atom is 0.393 e. The van der Waals surface area contributed by atoms with Gasteiger partial charge in [0.1, 0.15) is 6.23 Å². The SMILES string of the molecule is CSOC1CCC(C(F)(F)F)[C@H](C)N1. The Morgan fingerprint density at radius 2 is 2.00 bits per heavy atom. The van der Waals surface area contributed by atoms with Crippen LogP contribution in [0.25, 0.3) is 0 Å². The molecule has 14 heavy (non-hydrogen) atoms. The summed E-state index contributed by atoms with van der Waals surface area (Å²) in [5.41, 5.74) is 0. The van der Waals surface area contributed by atoms with Crippen LogP contribution in [0, 0.1) is 5.92 Å². The zero-order chi connectivity index (χ0) is 10.8. The van der Waals surface area contributed by atoms with Gasteiger partial charge in [-0.05, 0) is 31.8 Å². The van der Waals surface area contributed by atoms with Crippen molar-refractivity contribution >= 4 is 12.0 Å². The summed E-state index contributed by atoms with van der Waals surface area (Å²) >= 11 is 1.18. The van der Waals surface area contributed by atoms with Crippen LogP contribution in [0.1, 0.15) is 19.8 Å². The van der Waals surface area contributed by atoms with Crippen LogP contribution in [0.15, 0.2) is 0 Å². The van der Waals surface area contributed by atoms with Crippen LogP contribution in [-0.2, 0) is 4.18 Å². The van der Waals surface area contributed by atoms with E-state index in [9.17, 15) is 13.2 Å². The predicted octanol–water partition coefficient (Wildman–Crippen LogP) is 2.56. The molecule has 1 N–H and O–H groups in total. The lowest BCUT2D eigenvalue weighted by molar-refractivity contribution is -0.192. The van der Waals surface area contributed by atoms with Crippen molar-refractivity contribution in [2.45, 2.75) is 38.2 Å². The Kier molecular flexibility index (Phi) is 4.09. The van der Waals surface area contributed by atoms with E-state index in [4.69, 9.17) is 4.18 Å². The van der Waals surface area contributed by atoms with Gasteiger partial charge >= 0.3 is 6.18 Å². The van der Waals surface area contributed by atoms with Crippen molar-refractivity contribution in [1.82, 2.24) is 5.32 Å². The van der Waals surface area contributed by atoms with Crippen molar-refractivity contribution in [3.8, 4) is 0 Å². The lowest BCUT2D eigenvalue weighted by atomic mass is 9.91. The van der Waals surface area contributed by atoms with Crippen LogP contribution in [0.4, 0.5) is 13.2 Å². The van der Waals surface area contributed by atoms with Crippen LogP contribution in [0.3, 0.4) is 0 Å². The van der Waals surface area contributed by atoms with Crippen LogP contribution < -0.4 is 5.32 Å². The van der Waals surface area contributed by atoms with Gasteiger partial charge in [0.2, 0.25) is 0 Å². The van der Waals surface area contributed by atoms with Gasteiger partial charge in [0.15, 0.2) is 0 Å². The summed E-state index contributed by atoms with van der Waals surface area (Å²) < 4.78 is 42.4. The fourth-order valence-electron chi connectivity index (χ4n) is 1.71. The fourth-order valence-corrected chi connectivity index (χ4v) is 2.10. The van der Waals surface area contributed by atoms with Crippen molar-refractivity contribution in [1.29, 1.82) is 0 Å². The molecule has 84 valence electrons. The molecule has 2 unspecified atom stereocenters. The first kappa shape index (κ1) is 12.1. The Morgan fingerprint density at radius 3 is 2.43 bits per heavy atom. The Bertz CT molecular complexity index is 188. The second kappa shape index (κ2) is 4.72. The van der Waals surface area contributed by atoms with Gasteiger partial charge in [-0.15, -0.1) is 0 Å². The first-order chi connectivity index (χ1) is 6.45. The summed E-state index contributed by atoms with van der Waals surface area (Å²) in [7, 11) is 0. The molecule has 1 saturated heterocycles. The first-order valence-corrected chi connectivity index (χ1v) is 5.62. The summed E-state index contributed by atoms with van der Waals surface area (Å²) in [4.78, 5) is 0. The molecule has 3 atom stereocenters. The molecule has 2 nitrogen and oxygen atoms in total. The number of piperidine rings is 1. The molecule has 1 fully saturated rings. The fraction of sp³-hybridized carbons (Fsp3) is 1.00. The van der Waals surface area contributed by atoms with Crippen molar-refractivity contribution in [2.24, 2.45) is 5.92 Å². The molecule has 0 aromatic carbocycles. The molecule has 0 radical (unpaired) electrons. The molecule has 0 aromatic rings. The van der Waals surface area contributed by atoms with Crippen LogP contribution in [0.5, 0.6) is 0 Å². The molecule has 1 aliphatic heterocycles. The smallest absolute Gasteiger partial charge is 0.297 e. The third-order valence-electron chi connectivity index (χ3n) is 2.43. The number of hydrogen-bond acceptors (Lipinski definition) is 3. The normalized spacial score (nSPS) is 34.5. The Balaban J connectivity index is 2.48. The van der Waals surface area contributed by atoms with Gasteiger partial charge in [-0.25, -0.2) is 0 Å². The highest BCUT2D eigenvalue weighted by Gasteiger charge is 2.45. The highest BCUT2D eigenvalue weighted by atomic mass is 32.2. The van der Waals surface area contributed by atoms with Crippen molar-refractivity contribution in [3.05, 3.63) is 0 Å². The van der Waals surface area contributed by atoms with E-state index < -0.39 is 18.1 Å². The van der Waals surface area contributed by atoms with Gasteiger partial charge in [0.05, 0.1) is 5.92 Å². The quantitative estimate of drug-likeness (QED) is 0.735. The number of halogens is 3. The van der Waals surface area contributed by atoms with Crippen molar-refractivity contribution < 1.29 is 17.4 Å². The van der Waals surface area contributed by atoms with Crippen molar-refractivity contribution in [3.63, 3.8) is 0 Å². The lowest BCUT2D eigenvalue weighted by Crippen LogP contribution is -2.50.